The van der Waals surface area contributed by atoms with Gasteiger partial charge in [0, 0.05) is 24.7 Å². The third kappa shape index (κ3) is 5.25. The minimum absolute atomic E-state index is 0.117. The first-order valence-corrected chi connectivity index (χ1v) is 8.40. The highest BCUT2D eigenvalue weighted by molar-refractivity contribution is 7.80. The number of thiocarbonyl (C=S) groups is 1. The summed E-state index contributed by atoms with van der Waals surface area (Å²) in [4.78, 5) is 11.0. The fraction of sp³-hybridized carbons (Fsp3) is 0.667. The summed E-state index contributed by atoms with van der Waals surface area (Å²) in [5.41, 5.74) is -0.117. The number of aromatic nitrogens is 2. The van der Waals surface area contributed by atoms with E-state index in [0.717, 1.165) is 18.9 Å². The third-order valence-corrected chi connectivity index (χ3v) is 3.77. The molecule has 22 heavy (non-hydrogen) atoms. The Hall–Kier alpha value is -1.14. The van der Waals surface area contributed by atoms with E-state index in [1.807, 2.05) is 26.8 Å². The van der Waals surface area contributed by atoms with Gasteiger partial charge in [-0.1, -0.05) is 18.5 Å². The van der Waals surface area contributed by atoms with Gasteiger partial charge in [-0.2, -0.15) is 4.98 Å². The van der Waals surface area contributed by atoms with Crippen LogP contribution in [-0.4, -0.2) is 33.7 Å². The summed E-state index contributed by atoms with van der Waals surface area (Å²) < 4.78 is 0. The van der Waals surface area contributed by atoms with Crippen molar-refractivity contribution in [3.05, 3.63) is 11.2 Å². The Labute approximate surface area is 142 Å². The quantitative estimate of drug-likeness (QED) is 0.634. The van der Waals surface area contributed by atoms with Crippen molar-refractivity contribution in [1.29, 1.82) is 0 Å². The second-order valence-corrected chi connectivity index (χ2v) is 7.69. The number of nitrogens with zero attached hydrogens (tertiary/aromatic N) is 3. The molecule has 0 radical (unpaired) electrons. The van der Waals surface area contributed by atoms with Gasteiger partial charge in [-0.05, 0) is 51.7 Å². The Kier molecular flexibility index (Phi) is 5.45. The van der Waals surface area contributed by atoms with Crippen molar-refractivity contribution in [2.24, 2.45) is 5.92 Å². The molecular formula is C15H24ClN5S. The highest BCUT2D eigenvalue weighted by Gasteiger charge is 2.19. The summed E-state index contributed by atoms with van der Waals surface area (Å²) in [5.74, 6) is 1.96. The van der Waals surface area contributed by atoms with E-state index < -0.39 is 0 Å². The standard InChI is InChI=1S/C15H24ClN5S/c1-10-6-5-7-21(9-10)12-8-11(16)17-13(18-12)19-14(22)20-15(2,3)4/h8,10H,5-7,9H2,1-4H3,(H2,17,18,19,20,22)/t10-/m0/s1. The van der Waals surface area contributed by atoms with Crippen LogP contribution in [0.5, 0.6) is 0 Å². The highest BCUT2D eigenvalue weighted by Crippen LogP contribution is 2.24. The molecule has 2 N–H and O–H groups in total. The summed E-state index contributed by atoms with van der Waals surface area (Å²) in [6.07, 6.45) is 2.44. The summed E-state index contributed by atoms with van der Waals surface area (Å²) in [6.45, 7) is 10.4. The van der Waals surface area contributed by atoms with Crippen LogP contribution in [0.3, 0.4) is 0 Å². The van der Waals surface area contributed by atoms with Crippen molar-refractivity contribution in [2.75, 3.05) is 23.3 Å². The fourth-order valence-corrected chi connectivity index (χ4v) is 3.07. The number of piperidine rings is 1. The van der Waals surface area contributed by atoms with Crippen LogP contribution in [-0.2, 0) is 0 Å². The van der Waals surface area contributed by atoms with Gasteiger partial charge in [-0.15, -0.1) is 0 Å². The Morgan fingerprint density at radius 1 is 1.41 bits per heavy atom. The monoisotopic (exact) mass is 341 g/mol. The highest BCUT2D eigenvalue weighted by atomic mass is 35.5. The molecule has 1 saturated heterocycles. The lowest BCUT2D eigenvalue weighted by atomic mass is 10.0. The molecule has 1 aliphatic heterocycles. The zero-order chi connectivity index (χ0) is 16.3. The van der Waals surface area contributed by atoms with Crippen LogP contribution in [0.4, 0.5) is 11.8 Å². The molecular weight excluding hydrogens is 318 g/mol. The number of rotatable bonds is 2. The molecule has 0 unspecified atom stereocenters. The average Bonchev–Trinajstić information content (AvgIpc) is 2.35. The fourth-order valence-electron chi connectivity index (χ4n) is 2.49. The molecule has 0 amide bonds. The predicted molar refractivity (Wildman–Crippen MR) is 96.8 cm³/mol. The average molecular weight is 342 g/mol. The van der Waals surface area contributed by atoms with E-state index in [1.165, 1.54) is 12.8 Å². The molecule has 2 heterocycles. The van der Waals surface area contributed by atoms with Gasteiger partial charge in [0.05, 0.1) is 0 Å². The van der Waals surface area contributed by atoms with E-state index in [2.05, 4.69) is 32.4 Å². The van der Waals surface area contributed by atoms with E-state index in [9.17, 15) is 0 Å². The van der Waals surface area contributed by atoms with Crippen LogP contribution in [0, 0.1) is 5.92 Å². The van der Waals surface area contributed by atoms with Crippen molar-refractivity contribution < 1.29 is 0 Å². The number of nitrogens with one attached hydrogen (secondary N) is 2. The Morgan fingerprint density at radius 2 is 2.14 bits per heavy atom. The van der Waals surface area contributed by atoms with Crippen LogP contribution in [0.25, 0.3) is 0 Å². The lowest BCUT2D eigenvalue weighted by molar-refractivity contribution is 0.444. The second kappa shape index (κ2) is 6.96. The van der Waals surface area contributed by atoms with Crippen molar-refractivity contribution >= 4 is 40.7 Å². The van der Waals surface area contributed by atoms with Gasteiger partial charge in [0.2, 0.25) is 5.95 Å². The molecule has 1 aromatic heterocycles. The predicted octanol–water partition coefficient (Wildman–Crippen LogP) is 3.45. The van der Waals surface area contributed by atoms with Crippen molar-refractivity contribution in [2.45, 2.75) is 46.1 Å². The van der Waals surface area contributed by atoms with Crippen LogP contribution in [0.1, 0.15) is 40.5 Å². The zero-order valence-corrected chi connectivity index (χ0v) is 15.2. The molecule has 1 atom stereocenters. The van der Waals surface area contributed by atoms with Gasteiger partial charge in [0.15, 0.2) is 5.11 Å². The van der Waals surface area contributed by atoms with Crippen molar-refractivity contribution in [3.63, 3.8) is 0 Å². The van der Waals surface area contributed by atoms with Crippen molar-refractivity contribution in [3.8, 4) is 0 Å². The molecule has 0 spiro atoms. The van der Waals surface area contributed by atoms with E-state index in [-0.39, 0.29) is 5.54 Å². The van der Waals surface area contributed by atoms with Gasteiger partial charge < -0.3 is 15.5 Å². The first kappa shape index (κ1) is 17.2. The SMILES string of the molecule is C[C@H]1CCCN(c2cc(Cl)nc(NC(=S)NC(C)(C)C)n2)C1. The lowest BCUT2D eigenvalue weighted by Gasteiger charge is -2.32. The number of anilines is 2. The van der Waals surface area contributed by atoms with E-state index in [4.69, 9.17) is 23.8 Å². The largest absolute Gasteiger partial charge is 0.358 e. The summed E-state index contributed by atoms with van der Waals surface area (Å²) in [7, 11) is 0. The summed E-state index contributed by atoms with van der Waals surface area (Å²) in [5, 5.41) is 7.11. The number of hydrogen-bond donors (Lipinski definition) is 2. The van der Waals surface area contributed by atoms with Crippen LogP contribution in [0.15, 0.2) is 6.07 Å². The van der Waals surface area contributed by atoms with Gasteiger partial charge >= 0.3 is 0 Å². The molecule has 1 aliphatic rings. The van der Waals surface area contributed by atoms with Crippen LogP contribution in [0.2, 0.25) is 5.15 Å². The Bertz CT molecular complexity index is 543. The molecule has 2 rings (SSSR count). The van der Waals surface area contributed by atoms with E-state index in [1.54, 1.807) is 0 Å². The summed E-state index contributed by atoms with van der Waals surface area (Å²) in [6, 6.07) is 1.81. The minimum atomic E-state index is -0.117. The molecule has 5 nitrogen and oxygen atoms in total. The molecule has 7 heteroatoms. The van der Waals surface area contributed by atoms with Crippen LogP contribution < -0.4 is 15.5 Å². The maximum Gasteiger partial charge on any atom is 0.232 e. The maximum absolute atomic E-state index is 6.14. The van der Waals surface area contributed by atoms with Gasteiger partial charge in [-0.3, -0.25) is 0 Å². The topological polar surface area (TPSA) is 53.1 Å². The summed E-state index contributed by atoms with van der Waals surface area (Å²) >= 11 is 11.4. The number of halogens is 1. The molecule has 1 aromatic rings. The first-order valence-electron chi connectivity index (χ1n) is 7.61. The molecule has 0 aromatic carbocycles. The van der Waals surface area contributed by atoms with Gasteiger partial charge in [0.25, 0.3) is 0 Å². The van der Waals surface area contributed by atoms with Crippen LogP contribution >= 0.6 is 23.8 Å². The molecule has 0 aliphatic carbocycles. The smallest absolute Gasteiger partial charge is 0.232 e. The molecule has 122 valence electrons. The van der Waals surface area contributed by atoms with Gasteiger partial charge in [0.1, 0.15) is 11.0 Å². The lowest BCUT2D eigenvalue weighted by Crippen LogP contribution is -2.43. The third-order valence-electron chi connectivity index (χ3n) is 3.38. The molecule has 0 bridgehead atoms. The Morgan fingerprint density at radius 3 is 2.77 bits per heavy atom. The molecule has 1 fully saturated rings. The number of hydrogen-bond acceptors (Lipinski definition) is 4. The van der Waals surface area contributed by atoms with E-state index >= 15 is 0 Å². The minimum Gasteiger partial charge on any atom is -0.358 e. The molecule has 0 saturated carbocycles. The van der Waals surface area contributed by atoms with Gasteiger partial charge in [-0.25, -0.2) is 4.98 Å². The maximum atomic E-state index is 6.14. The van der Waals surface area contributed by atoms with E-state index in [0.29, 0.717) is 22.1 Å². The van der Waals surface area contributed by atoms with Crippen molar-refractivity contribution in [1.82, 2.24) is 15.3 Å². The first-order chi connectivity index (χ1) is 10.2. The normalized spacial score (nSPS) is 19.0. The zero-order valence-electron chi connectivity index (χ0n) is 13.6. The Balaban J connectivity index is 2.11. The second-order valence-electron chi connectivity index (χ2n) is 6.90.